The SMILES string of the molecule is CCCCOCCN1C(=O)C(C(C)(C)C)NC(=O)C1CC. The summed E-state index contributed by atoms with van der Waals surface area (Å²) in [5, 5.41) is 2.88. The van der Waals surface area contributed by atoms with Crippen LogP contribution in [0.25, 0.3) is 0 Å². The number of piperazine rings is 1. The largest absolute Gasteiger partial charge is 0.380 e. The quantitative estimate of drug-likeness (QED) is 0.731. The summed E-state index contributed by atoms with van der Waals surface area (Å²) in [6.07, 6.45) is 2.74. The molecule has 1 fully saturated rings. The Hall–Kier alpha value is -1.10. The molecule has 0 saturated carbocycles. The highest BCUT2D eigenvalue weighted by Crippen LogP contribution is 2.25. The van der Waals surface area contributed by atoms with Gasteiger partial charge in [-0.1, -0.05) is 41.0 Å². The summed E-state index contributed by atoms with van der Waals surface area (Å²) in [5.74, 6) is -0.0429. The second-order valence-corrected chi connectivity index (χ2v) is 6.73. The lowest BCUT2D eigenvalue weighted by Crippen LogP contribution is -2.66. The first kappa shape index (κ1) is 18.0. The van der Waals surface area contributed by atoms with Crippen LogP contribution in [-0.2, 0) is 14.3 Å². The van der Waals surface area contributed by atoms with E-state index in [0.717, 1.165) is 12.8 Å². The van der Waals surface area contributed by atoms with Crippen molar-refractivity contribution in [3.05, 3.63) is 0 Å². The molecule has 1 heterocycles. The van der Waals surface area contributed by atoms with Crippen LogP contribution in [0.5, 0.6) is 0 Å². The summed E-state index contributed by atoms with van der Waals surface area (Å²) >= 11 is 0. The van der Waals surface area contributed by atoms with E-state index in [1.165, 1.54) is 0 Å². The van der Waals surface area contributed by atoms with E-state index in [2.05, 4.69) is 12.2 Å². The number of rotatable bonds is 7. The molecule has 1 aliphatic rings. The molecule has 1 aliphatic heterocycles. The zero-order valence-electron chi connectivity index (χ0n) is 14.1. The summed E-state index contributed by atoms with van der Waals surface area (Å²) in [6.45, 7) is 11.6. The molecule has 0 bridgehead atoms. The number of nitrogens with one attached hydrogen (secondary N) is 1. The molecule has 2 amide bonds. The van der Waals surface area contributed by atoms with Crippen LogP contribution in [0.1, 0.15) is 53.9 Å². The Labute approximate surface area is 128 Å². The molecule has 1 saturated heterocycles. The predicted molar refractivity (Wildman–Crippen MR) is 82.9 cm³/mol. The third kappa shape index (κ3) is 4.70. The molecule has 0 aromatic heterocycles. The summed E-state index contributed by atoms with van der Waals surface area (Å²) in [4.78, 5) is 26.6. The fraction of sp³-hybridized carbons (Fsp3) is 0.875. The molecule has 0 spiro atoms. The van der Waals surface area contributed by atoms with Crippen LogP contribution in [0.4, 0.5) is 0 Å². The predicted octanol–water partition coefficient (Wildman–Crippen LogP) is 1.95. The minimum atomic E-state index is -0.455. The Balaban J connectivity index is 2.70. The van der Waals surface area contributed by atoms with Gasteiger partial charge in [0.1, 0.15) is 12.1 Å². The first-order valence-corrected chi connectivity index (χ1v) is 8.01. The Kier molecular flexibility index (Phi) is 6.65. The van der Waals surface area contributed by atoms with E-state index in [9.17, 15) is 9.59 Å². The van der Waals surface area contributed by atoms with Gasteiger partial charge >= 0.3 is 0 Å². The standard InChI is InChI=1S/C16H30N2O3/c1-6-8-10-21-11-9-18-12(7-2)14(19)17-13(15(18)20)16(3,4)5/h12-13H,6-11H2,1-5H3,(H,17,19). The molecular formula is C16H30N2O3. The van der Waals surface area contributed by atoms with Crippen LogP contribution in [-0.4, -0.2) is 48.6 Å². The lowest BCUT2D eigenvalue weighted by atomic mass is 9.83. The number of carbonyl (C=O) groups is 2. The number of unbranched alkanes of at least 4 members (excludes halogenated alkanes) is 1. The number of hydrogen-bond donors (Lipinski definition) is 1. The minimum Gasteiger partial charge on any atom is -0.380 e. The summed E-state index contributed by atoms with van der Waals surface area (Å²) in [5.41, 5.74) is -0.285. The number of hydrogen-bond acceptors (Lipinski definition) is 3. The Morgan fingerprint density at radius 1 is 1.19 bits per heavy atom. The van der Waals surface area contributed by atoms with E-state index in [-0.39, 0.29) is 23.3 Å². The van der Waals surface area contributed by atoms with Gasteiger partial charge in [-0.05, 0) is 18.3 Å². The second kappa shape index (κ2) is 7.78. The average molecular weight is 298 g/mol. The number of ether oxygens (including phenoxy) is 1. The number of amides is 2. The lowest BCUT2D eigenvalue weighted by Gasteiger charge is -2.43. The fourth-order valence-corrected chi connectivity index (χ4v) is 2.53. The first-order chi connectivity index (χ1) is 9.82. The topological polar surface area (TPSA) is 58.6 Å². The van der Waals surface area contributed by atoms with Gasteiger partial charge in [0.15, 0.2) is 0 Å². The molecular weight excluding hydrogens is 268 g/mol. The third-order valence-corrected chi connectivity index (χ3v) is 3.87. The van der Waals surface area contributed by atoms with Crippen LogP contribution < -0.4 is 5.32 Å². The highest BCUT2D eigenvalue weighted by Gasteiger charge is 2.44. The molecule has 2 atom stereocenters. The van der Waals surface area contributed by atoms with E-state index < -0.39 is 6.04 Å². The molecule has 122 valence electrons. The zero-order valence-corrected chi connectivity index (χ0v) is 14.1. The molecule has 5 heteroatoms. The Bertz CT molecular complexity index is 363. The Morgan fingerprint density at radius 2 is 1.86 bits per heavy atom. The van der Waals surface area contributed by atoms with Crippen LogP contribution in [0.3, 0.4) is 0 Å². The van der Waals surface area contributed by atoms with Gasteiger partial charge in [-0.2, -0.15) is 0 Å². The highest BCUT2D eigenvalue weighted by atomic mass is 16.5. The van der Waals surface area contributed by atoms with Crippen molar-refractivity contribution in [2.75, 3.05) is 19.8 Å². The first-order valence-electron chi connectivity index (χ1n) is 8.01. The number of nitrogens with zero attached hydrogens (tertiary/aromatic N) is 1. The van der Waals surface area contributed by atoms with Gasteiger partial charge in [0.05, 0.1) is 6.61 Å². The third-order valence-electron chi connectivity index (χ3n) is 3.87. The molecule has 0 aromatic rings. The van der Waals surface area contributed by atoms with Crippen molar-refractivity contribution in [2.45, 2.75) is 66.0 Å². The van der Waals surface area contributed by atoms with Gasteiger partial charge < -0.3 is 15.0 Å². The van der Waals surface area contributed by atoms with Crippen molar-refractivity contribution >= 4 is 11.8 Å². The molecule has 0 radical (unpaired) electrons. The molecule has 5 nitrogen and oxygen atoms in total. The van der Waals surface area contributed by atoms with Crippen molar-refractivity contribution in [1.82, 2.24) is 10.2 Å². The van der Waals surface area contributed by atoms with E-state index in [4.69, 9.17) is 4.74 Å². The highest BCUT2D eigenvalue weighted by molar-refractivity contribution is 5.97. The van der Waals surface area contributed by atoms with Crippen LogP contribution >= 0.6 is 0 Å². The van der Waals surface area contributed by atoms with E-state index in [0.29, 0.717) is 26.2 Å². The average Bonchev–Trinajstić information content (AvgIpc) is 2.40. The smallest absolute Gasteiger partial charge is 0.246 e. The maximum atomic E-state index is 12.7. The van der Waals surface area contributed by atoms with Gasteiger partial charge in [-0.15, -0.1) is 0 Å². The van der Waals surface area contributed by atoms with E-state index in [1.54, 1.807) is 4.90 Å². The van der Waals surface area contributed by atoms with E-state index >= 15 is 0 Å². The van der Waals surface area contributed by atoms with Gasteiger partial charge in [0.25, 0.3) is 0 Å². The van der Waals surface area contributed by atoms with Gasteiger partial charge in [0, 0.05) is 13.2 Å². The van der Waals surface area contributed by atoms with Gasteiger partial charge in [-0.25, -0.2) is 0 Å². The molecule has 1 rings (SSSR count). The summed E-state index contributed by atoms with van der Waals surface area (Å²) in [6, 6.07) is -0.825. The normalized spacial score (nSPS) is 23.4. The van der Waals surface area contributed by atoms with Crippen LogP contribution in [0, 0.1) is 5.41 Å². The van der Waals surface area contributed by atoms with Crippen molar-refractivity contribution in [2.24, 2.45) is 5.41 Å². The van der Waals surface area contributed by atoms with Crippen molar-refractivity contribution in [1.29, 1.82) is 0 Å². The summed E-state index contributed by atoms with van der Waals surface area (Å²) in [7, 11) is 0. The zero-order chi connectivity index (χ0) is 16.0. The van der Waals surface area contributed by atoms with Crippen LogP contribution in [0.2, 0.25) is 0 Å². The molecule has 2 unspecified atom stereocenters. The molecule has 21 heavy (non-hydrogen) atoms. The fourth-order valence-electron chi connectivity index (χ4n) is 2.53. The van der Waals surface area contributed by atoms with Crippen LogP contribution in [0.15, 0.2) is 0 Å². The van der Waals surface area contributed by atoms with E-state index in [1.807, 2.05) is 27.7 Å². The summed E-state index contributed by atoms with van der Waals surface area (Å²) < 4.78 is 5.55. The number of carbonyl (C=O) groups excluding carboxylic acids is 2. The van der Waals surface area contributed by atoms with Crippen molar-refractivity contribution in [3.8, 4) is 0 Å². The molecule has 0 aromatic carbocycles. The Morgan fingerprint density at radius 3 is 2.38 bits per heavy atom. The monoisotopic (exact) mass is 298 g/mol. The van der Waals surface area contributed by atoms with Crippen molar-refractivity contribution in [3.63, 3.8) is 0 Å². The lowest BCUT2D eigenvalue weighted by molar-refractivity contribution is -0.153. The maximum Gasteiger partial charge on any atom is 0.246 e. The maximum absolute atomic E-state index is 12.7. The van der Waals surface area contributed by atoms with Gasteiger partial charge in [0.2, 0.25) is 11.8 Å². The molecule has 0 aliphatic carbocycles. The van der Waals surface area contributed by atoms with Crippen molar-refractivity contribution < 1.29 is 14.3 Å². The molecule has 1 N–H and O–H groups in total. The van der Waals surface area contributed by atoms with Gasteiger partial charge in [-0.3, -0.25) is 9.59 Å². The minimum absolute atomic E-state index is 0.00745. The second-order valence-electron chi connectivity index (χ2n) is 6.73.